The van der Waals surface area contributed by atoms with Gasteiger partial charge in [-0.2, -0.15) is 0 Å². The SMILES string of the molecule is OC(c1ccncc1Cl)c1cccc2ccccc12. The molecule has 1 unspecified atom stereocenters. The Kier molecular flexibility index (Phi) is 3.20. The highest BCUT2D eigenvalue weighted by molar-refractivity contribution is 6.31. The number of benzene rings is 2. The third kappa shape index (κ3) is 2.21. The van der Waals surface area contributed by atoms with Gasteiger partial charge < -0.3 is 5.11 Å². The van der Waals surface area contributed by atoms with E-state index in [1.807, 2.05) is 42.5 Å². The van der Waals surface area contributed by atoms with Crippen molar-refractivity contribution in [3.05, 3.63) is 77.1 Å². The Morgan fingerprint density at radius 1 is 0.947 bits per heavy atom. The maximum absolute atomic E-state index is 10.6. The molecule has 2 nitrogen and oxygen atoms in total. The molecule has 3 rings (SSSR count). The lowest BCUT2D eigenvalue weighted by atomic mass is 9.96. The summed E-state index contributed by atoms with van der Waals surface area (Å²) in [5.74, 6) is 0. The van der Waals surface area contributed by atoms with E-state index in [0.717, 1.165) is 16.3 Å². The molecule has 1 aromatic heterocycles. The average Bonchev–Trinajstić information content (AvgIpc) is 2.46. The van der Waals surface area contributed by atoms with E-state index in [1.54, 1.807) is 18.5 Å². The minimum Gasteiger partial charge on any atom is -0.384 e. The Morgan fingerprint density at radius 2 is 1.74 bits per heavy atom. The summed E-state index contributed by atoms with van der Waals surface area (Å²) in [5.41, 5.74) is 1.53. The minimum atomic E-state index is -0.749. The number of fused-ring (bicyclic) bond motifs is 1. The maximum atomic E-state index is 10.6. The van der Waals surface area contributed by atoms with Crippen molar-refractivity contribution in [2.45, 2.75) is 6.10 Å². The van der Waals surface area contributed by atoms with Gasteiger partial charge in [0.25, 0.3) is 0 Å². The van der Waals surface area contributed by atoms with Gasteiger partial charge in [-0.15, -0.1) is 0 Å². The molecule has 1 heterocycles. The number of aromatic nitrogens is 1. The van der Waals surface area contributed by atoms with Crippen molar-refractivity contribution in [1.82, 2.24) is 4.98 Å². The van der Waals surface area contributed by atoms with Crippen LogP contribution in [0.25, 0.3) is 10.8 Å². The second-order valence-corrected chi connectivity index (χ2v) is 4.78. The number of rotatable bonds is 2. The molecular formula is C16H12ClNO. The van der Waals surface area contributed by atoms with Crippen molar-refractivity contribution >= 4 is 22.4 Å². The average molecular weight is 270 g/mol. The van der Waals surface area contributed by atoms with Crippen LogP contribution in [0.3, 0.4) is 0 Å². The van der Waals surface area contributed by atoms with Gasteiger partial charge >= 0.3 is 0 Å². The van der Waals surface area contributed by atoms with Gasteiger partial charge in [0, 0.05) is 18.0 Å². The van der Waals surface area contributed by atoms with Gasteiger partial charge in [-0.1, -0.05) is 54.1 Å². The Bertz CT molecular complexity index is 721. The highest BCUT2D eigenvalue weighted by atomic mass is 35.5. The van der Waals surface area contributed by atoms with Crippen molar-refractivity contribution in [2.24, 2.45) is 0 Å². The number of hydrogen-bond donors (Lipinski definition) is 1. The number of aliphatic hydroxyl groups is 1. The number of halogens is 1. The predicted molar refractivity (Wildman–Crippen MR) is 77.3 cm³/mol. The first-order chi connectivity index (χ1) is 9.27. The van der Waals surface area contributed by atoms with Crippen LogP contribution in [-0.2, 0) is 0 Å². The zero-order valence-corrected chi connectivity index (χ0v) is 10.9. The number of pyridine rings is 1. The number of aliphatic hydroxyl groups excluding tert-OH is 1. The highest BCUT2D eigenvalue weighted by Crippen LogP contribution is 2.31. The molecular weight excluding hydrogens is 258 g/mol. The fourth-order valence-corrected chi connectivity index (χ4v) is 2.49. The Labute approximate surface area is 116 Å². The predicted octanol–water partition coefficient (Wildman–Crippen LogP) is 3.97. The van der Waals surface area contributed by atoms with Crippen LogP contribution in [0.15, 0.2) is 60.9 Å². The van der Waals surface area contributed by atoms with Crippen molar-refractivity contribution in [3.63, 3.8) is 0 Å². The van der Waals surface area contributed by atoms with Crippen LogP contribution in [0.4, 0.5) is 0 Å². The van der Waals surface area contributed by atoms with E-state index in [4.69, 9.17) is 11.6 Å². The van der Waals surface area contributed by atoms with E-state index in [2.05, 4.69) is 4.98 Å². The first-order valence-corrected chi connectivity index (χ1v) is 6.40. The highest BCUT2D eigenvalue weighted by Gasteiger charge is 2.15. The largest absolute Gasteiger partial charge is 0.384 e. The van der Waals surface area contributed by atoms with Gasteiger partial charge in [0.05, 0.1) is 5.02 Å². The van der Waals surface area contributed by atoms with Gasteiger partial charge in [0.15, 0.2) is 0 Å². The zero-order chi connectivity index (χ0) is 13.2. The van der Waals surface area contributed by atoms with Crippen LogP contribution in [0.5, 0.6) is 0 Å². The van der Waals surface area contributed by atoms with Crippen LogP contribution >= 0.6 is 11.6 Å². The summed E-state index contributed by atoms with van der Waals surface area (Å²) in [6, 6.07) is 15.6. The first-order valence-electron chi connectivity index (χ1n) is 6.02. The molecule has 0 bridgehead atoms. The summed E-state index contributed by atoms with van der Waals surface area (Å²) in [5, 5.41) is 13.2. The molecule has 0 saturated carbocycles. The fraction of sp³-hybridized carbons (Fsp3) is 0.0625. The quantitative estimate of drug-likeness (QED) is 0.764. The van der Waals surface area contributed by atoms with E-state index in [-0.39, 0.29) is 0 Å². The van der Waals surface area contributed by atoms with E-state index < -0.39 is 6.10 Å². The molecule has 2 aromatic carbocycles. The van der Waals surface area contributed by atoms with Crippen LogP contribution in [0.2, 0.25) is 5.02 Å². The smallest absolute Gasteiger partial charge is 0.106 e. The molecule has 0 radical (unpaired) electrons. The topological polar surface area (TPSA) is 33.1 Å². The normalized spacial score (nSPS) is 12.5. The molecule has 94 valence electrons. The zero-order valence-electron chi connectivity index (χ0n) is 10.1. The summed E-state index contributed by atoms with van der Waals surface area (Å²) >= 11 is 6.10. The molecule has 0 saturated heterocycles. The maximum Gasteiger partial charge on any atom is 0.106 e. The fourth-order valence-electron chi connectivity index (χ4n) is 2.26. The van der Waals surface area contributed by atoms with Crippen LogP contribution in [0, 0.1) is 0 Å². The second-order valence-electron chi connectivity index (χ2n) is 4.37. The van der Waals surface area contributed by atoms with Crippen molar-refractivity contribution < 1.29 is 5.11 Å². The van der Waals surface area contributed by atoms with Crippen molar-refractivity contribution in [2.75, 3.05) is 0 Å². The van der Waals surface area contributed by atoms with Crippen LogP contribution < -0.4 is 0 Å². The molecule has 1 N–H and O–H groups in total. The van der Waals surface area contributed by atoms with Gasteiger partial charge in [0.2, 0.25) is 0 Å². The molecule has 1 atom stereocenters. The number of nitrogens with zero attached hydrogens (tertiary/aromatic N) is 1. The molecule has 3 heteroatoms. The second kappa shape index (κ2) is 5.00. The first kappa shape index (κ1) is 12.2. The molecule has 0 amide bonds. The minimum absolute atomic E-state index is 0.475. The lowest BCUT2D eigenvalue weighted by Gasteiger charge is -2.15. The van der Waals surface area contributed by atoms with Crippen LogP contribution in [-0.4, -0.2) is 10.1 Å². The lowest BCUT2D eigenvalue weighted by molar-refractivity contribution is 0.222. The number of hydrogen-bond acceptors (Lipinski definition) is 2. The van der Waals surface area contributed by atoms with Gasteiger partial charge in [-0.25, -0.2) is 0 Å². The summed E-state index contributed by atoms with van der Waals surface area (Å²) in [6.45, 7) is 0. The lowest BCUT2D eigenvalue weighted by Crippen LogP contribution is -2.01. The molecule has 0 aliphatic carbocycles. The van der Waals surface area contributed by atoms with Gasteiger partial charge in [-0.05, 0) is 22.4 Å². The van der Waals surface area contributed by atoms with Gasteiger partial charge in [0.1, 0.15) is 6.10 Å². The molecule has 0 spiro atoms. The Morgan fingerprint density at radius 3 is 2.58 bits per heavy atom. The Hall–Kier alpha value is -1.90. The molecule has 3 aromatic rings. The Balaban J connectivity index is 2.17. The molecule has 0 aliphatic rings. The standard InChI is InChI=1S/C16H12ClNO/c17-15-10-18-9-8-14(15)16(19)13-7-3-5-11-4-1-2-6-12(11)13/h1-10,16,19H. The van der Waals surface area contributed by atoms with Crippen molar-refractivity contribution in [3.8, 4) is 0 Å². The van der Waals surface area contributed by atoms with E-state index in [0.29, 0.717) is 10.6 Å². The van der Waals surface area contributed by atoms with E-state index >= 15 is 0 Å². The summed E-state index contributed by atoms with van der Waals surface area (Å²) in [4.78, 5) is 3.94. The third-order valence-electron chi connectivity index (χ3n) is 3.22. The third-order valence-corrected chi connectivity index (χ3v) is 3.53. The molecule has 0 aliphatic heterocycles. The van der Waals surface area contributed by atoms with Crippen LogP contribution in [0.1, 0.15) is 17.2 Å². The van der Waals surface area contributed by atoms with Gasteiger partial charge in [-0.3, -0.25) is 4.98 Å². The van der Waals surface area contributed by atoms with E-state index in [1.165, 1.54) is 0 Å². The summed E-state index contributed by atoms with van der Waals surface area (Å²) in [6.07, 6.45) is 2.43. The van der Waals surface area contributed by atoms with Crippen molar-refractivity contribution in [1.29, 1.82) is 0 Å². The van der Waals surface area contributed by atoms with E-state index in [9.17, 15) is 5.11 Å². The summed E-state index contributed by atoms with van der Waals surface area (Å²) < 4.78 is 0. The molecule has 19 heavy (non-hydrogen) atoms. The monoisotopic (exact) mass is 269 g/mol. The molecule has 0 fully saturated rings. The summed E-state index contributed by atoms with van der Waals surface area (Å²) in [7, 11) is 0.